The molecule has 0 fully saturated rings. The molecular weight excluding hydrogens is 224 g/mol. The van der Waals surface area contributed by atoms with Crippen LogP contribution >= 0.6 is 0 Å². The topological polar surface area (TPSA) is 104 Å². The van der Waals surface area contributed by atoms with Crippen molar-refractivity contribution in [2.45, 2.75) is 13.0 Å². The first kappa shape index (κ1) is 13.8. The summed E-state index contributed by atoms with van der Waals surface area (Å²) in [7, 11) is -2.19. The molecule has 0 spiro atoms. The summed E-state index contributed by atoms with van der Waals surface area (Å²) < 4.78 is 23.6. The standard InChI is InChI=1S/C7H14N2O5S/c1-5(8-15(3,13)14)7(12)9(2)4-6(10)11/h5,8H,4H2,1-3H3,(H,10,11). The zero-order valence-corrected chi connectivity index (χ0v) is 9.54. The number of carboxylic acid groups (broad SMARTS) is 1. The highest BCUT2D eigenvalue weighted by Crippen LogP contribution is 1.93. The lowest BCUT2D eigenvalue weighted by Gasteiger charge is -2.19. The van der Waals surface area contributed by atoms with Crippen LogP contribution in [0.25, 0.3) is 0 Å². The van der Waals surface area contributed by atoms with Gasteiger partial charge in [0.2, 0.25) is 15.9 Å². The Hall–Kier alpha value is -1.15. The molecule has 8 heteroatoms. The highest BCUT2D eigenvalue weighted by atomic mass is 32.2. The number of likely N-dealkylation sites (N-methyl/N-ethyl adjacent to an activating group) is 1. The maximum absolute atomic E-state index is 11.4. The number of hydrogen-bond donors (Lipinski definition) is 2. The number of carbonyl (C=O) groups excluding carboxylic acids is 1. The molecule has 0 rings (SSSR count). The van der Waals surface area contributed by atoms with Crippen molar-refractivity contribution in [3.8, 4) is 0 Å². The van der Waals surface area contributed by atoms with Crippen LogP contribution < -0.4 is 4.72 Å². The van der Waals surface area contributed by atoms with Gasteiger partial charge in [-0.25, -0.2) is 13.1 Å². The number of sulfonamides is 1. The fraction of sp³-hybridized carbons (Fsp3) is 0.714. The third-order valence-corrected chi connectivity index (χ3v) is 2.29. The summed E-state index contributed by atoms with van der Waals surface area (Å²) in [6, 6.07) is -0.968. The minimum Gasteiger partial charge on any atom is -0.480 e. The van der Waals surface area contributed by atoms with Gasteiger partial charge in [0.05, 0.1) is 12.3 Å². The average molecular weight is 238 g/mol. The van der Waals surface area contributed by atoms with Gasteiger partial charge >= 0.3 is 5.97 Å². The summed E-state index contributed by atoms with van der Waals surface area (Å²) in [4.78, 5) is 22.6. The molecular formula is C7H14N2O5S. The number of rotatable bonds is 5. The van der Waals surface area contributed by atoms with Crippen molar-refractivity contribution in [2.24, 2.45) is 0 Å². The van der Waals surface area contributed by atoms with Gasteiger partial charge in [-0.1, -0.05) is 0 Å². The zero-order chi connectivity index (χ0) is 12.2. The van der Waals surface area contributed by atoms with Crippen molar-refractivity contribution in [3.05, 3.63) is 0 Å². The van der Waals surface area contributed by atoms with Gasteiger partial charge in [0.25, 0.3) is 0 Å². The van der Waals surface area contributed by atoms with Crippen LogP contribution in [0.15, 0.2) is 0 Å². The van der Waals surface area contributed by atoms with Gasteiger partial charge in [-0.3, -0.25) is 9.59 Å². The molecule has 0 aromatic rings. The van der Waals surface area contributed by atoms with E-state index in [1.165, 1.54) is 14.0 Å². The Morgan fingerprint density at radius 2 is 1.93 bits per heavy atom. The van der Waals surface area contributed by atoms with E-state index in [9.17, 15) is 18.0 Å². The Morgan fingerprint density at radius 1 is 1.47 bits per heavy atom. The van der Waals surface area contributed by atoms with Crippen molar-refractivity contribution in [3.63, 3.8) is 0 Å². The van der Waals surface area contributed by atoms with Crippen molar-refractivity contribution >= 4 is 21.9 Å². The lowest BCUT2D eigenvalue weighted by atomic mass is 10.3. The van der Waals surface area contributed by atoms with Crippen molar-refractivity contribution in [2.75, 3.05) is 19.8 Å². The first-order valence-corrected chi connectivity index (χ1v) is 5.96. The number of carboxylic acids is 1. The quantitative estimate of drug-likeness (QED) is 0.604. The van der Waals surface area contributed by atoms with Crippen LogP contribution in [0.2, 0.25) is 0 Å². The van der Waals surface area contributed by atoms with E-state index in [2.05, 4.69) is 4.72 Å². The van der Waals surface area contributed by atoms with Crippen molar-refractivity contribution in [1.29, 1.82) is 0 Å². The second-order valence-electron chi connectivity index (χ2n) is 3.20. The predicted octanol–water partition coefficient (Wildman–Crippen LogP) is -1.53. The largest absolute Gasteiger partial charge is 0.480 e. The highest BCUT2D eigenvalue weighted by Gasteiger charge is 2.21. The lowest BCUT2D eigenvalue weighted by molar-refractivity contribution is -0.143. The molecule has 0 aromatic carbocycles. The zero-order valence-electron chi connectivity index (χ0n) is 8.72. The molecule has 0 aliphatic carbocycles. The van der Waals surface area contributed by atoms with Gasteiger partial charge in [0, 0.05) is 7.05 Å². The van der Waals surface area contributed by atoms with E-state index in [0.29, 0.717) is 0 Å². The third-order valence-electron chi connectivity index (χ3n) is 1.51. The van der Waals surface area contributed by atoms with Crippen LogP contribution in [-0.4, -0.2) is 56.2 Å². The summed E-state index contributed by atoms with van der Waals surface area (Å²) in [5.41, 5.74) is 0. The Bertz CT molecular complexity index is 350. The Kier molecular flexibility index (Phi) is 4.69. The molecule has 7 nitrogen and oxygen atoms in total. The molecule has 0 heterocycles. The third kappa shape index (κ3) is 6.02. The van der Waals surface area contributed by atoms with Crippen molar-refractivity contribution in [1.82, 2.24) is 9.62 Å². The van der Waals surface area contributed by atoms with Gasteiger partial charge in [0.15, 0.2) is 0 Å². The van der Waals surface area contributed by atoms with E-state index in [0.717, 1.165) is 11.2 Å². The average Bonchev–Trinajstić information content (AvgIpc) is 1.98. The SMILES string of the molecule is CC(NS(C)(=O)=O)C(=O)N(C)CC(=O)O. The monoisotopic (exact) mass is 238 g/mol. The molecule has 0 aliphatic heterocycles. The summed E-state index contributed by atoms with van der Waals surface area (Å²) in [6.45, 7) is 0.885. The summed E-state index contributed by atoms with van der Waals surface area (Å²) >= 11 is 0. The molecule has 2 N–H and O–H groups in total. The van der Waals surface area contributed by atoms with Crippen LogP contribution in [0.3, 0.4) is 0 Å². The molecule has 15 heavy (non-hydrogen) atoms. The molecule has 1 unspecified atom stereocenters. The molecule has 88 valence electrons. The van der Waals surface area contributed by atoms with Gasteiger partial charge < -0.3 is 10.0 Å². The first-order chi connectivity index (χ1) is 6.63. The summed E-state index contributed by atoms with van der Waals surface area (Å²) in [6.07, 6.45) is 0.925. The predicted molar refractivity (Wildman–Crippen MR) is 52.7 cm³/mol. The fourth-order valence-corrected chi connectivity index (χ4v) is 1.73. The second-order valence-corrected chi connectivity index (χ2v) is 4.98. The molecule has 0 aromatic heterocycles. The number of nitrogens with zero attached hydrogens (tertiary/aromatic N) is 1. The van der Waals surface area contributed by atoms with E-state index >= 15 is 0 Å². The number of hydrogen-bond acceptors (Lipinski definition) is 4. The lowest BCUT2D eigenvalue weighted by Crippen LogP contribution is -2.46. The van der Waals surface area contributed by atoms with Gasteiger partial charge in [0.1, 0.15) is 6.54 Å². The van der Waals surface area contributed by atoms with Crippen LogP contribution in [0.1, 0.15) is 6.92 Å². The number of aliphatic carboxylic acids is 1. The van der Waals surface area contributed by atoms with Crippen LogP contribution in [0.5, 0.6) is 0 Å². The van der Waals surface area contributed by atoms with Crippen molar-refractivity contribution < 1.29 is 23.1 Å². The molecule has 0 saturated heterocycles. The smallest absolute Gasteiger partial charge is 0.323 e. The molecule has 1 atom stereocenters. The number of carbonyl (C=O) groups is 2. The highest BCUT2D eigenvalue weighted by molar-refractivity contribution is 7.88. The minimum atomic E-state index is -3.48. The van der Waals surface area contributed by atoms with Crippen LogP contribution in [0, 0.1) is 0 Å². The van der Waals surface area contributed by atoms with Gasteiger partial charge in [-0.05, 0) is 6.92 Å². The van der Waals surface area contributed by atoms with E-state index in [-0.39, 0.29) is 0 Å². The maximum atomic E-state index is 11.4. The maximum Gasteiger partial charge on any atom is 0.323 e. The molecule has 0 saturated carbocycles. The second kappa shape index (κ2) is 5.08. The number of amides is 1. The number of nitrogens with one attached hydrogen (secondary N) is 1. The van der Waals surface area contributed by atoms with E-state index in [1.54, 1.807) is 0 Å². The molecule has 1 amide bonds. The van der Waals surface area contributed by atoms with E-state index in [1.807, 2.05) is 0 Å². The summed E-state index contributed by atoms with van der Waals surface area (Å²) in [5.74, 6) is -1.75. The Balaban J connectivity index is 4.38. The van der Waals surface area contributed by atoms with E-state index in [4.69, 9.17) is 5.11 Å². The van der Waals surface area contributed by atoms with Crippen LogP contribution in [-0.2, 0) is 19.6 Å². The van der Waals surface area contributed by atoms with E-state index < -0.39 is 34.5 Å². The molecule has 0 radical (unpaired) electrons. The molecule has 0 aliphatic rings. The fourth-order valence-electron chi connectivity index (χ4n) is 0.983. The normalized spacial score (nSPS) is 13.3. The van der Waals surface area contributed by atoms with Crippen LogP contribution in [0.4, 0.5) is 0 Å². The first-order valence-electron chi connectivity index (χ1n) is 4.07. The molecule has 0 bridgehead atoms. The Labute approximate surface area is 88.1 Å². The minimum absolute atomic E-state index is 0.464. The van der Waals surface area contributed by atoms with Gasteiger partial charge in [-0.15, -0.1) is 0 Å². The Morgan fingerprint density at radius 3 is 2.27 bits per heavy atom. The summed E-state index contributed by atoms with van der Waals surface area (Å²) in [5, 5.41) is 8.41. The van der Waals surface area contributed by atoms with Gasteiger partial charge in [-0.2, -0.15) is 0 Å².